The number of Topliss-reactive ketones (excluding diaryl/α,β-unsaturated/α-hetero) is 4. The zero-order chi connectivity index (χ0) is 54.5. The van der Waals surface area contributed by atoms with Gasteiger partial charge in [-0.15, -0.1) is 0 Å². The number of allylic oxidation sites excluding steroid dienone is 2. The molecule has 10 rings (SSSR count). The Labute approximate surface area is 443 Å². The van der Waals surface area contributed by atoms with Crippen molar-refractivity contribution >= 4 is 23.1 Å². The first-order chi connectivity index (χ1) is 33.4. The quantitative estimate of drug-likeness (QED) is 0.163. The van der Waals surface area contributed by atoms with Gasteiger partial charge in [-0.2, -0.15) is 0 Å². The van der Waals surface area contributed by atoms with E-state index in [1.807, 2.05) is 69.2 Å². The maximum absolute atomic E-state index is 12.7. The largest absolute Gasteiger partial charge is 0.299 e. The first kappa shape index (κ1) is 67.2. The average molecular weight is 992 g/mol. The fraction of sp³-hybridized carbons (Fsp3) is 0.881. The van der Waals surface area contributed by atoms with Crippen molar-refractivity contribution in [3.8, 4) is 0 Å². The molecule has 10 fully saturated rings. The lowest BCUT2D eigenvalue weighted by Gasteiger charge is -2.60. The van der Waals surface area contributed by atoms with Gasteiger partial charge < -0.3 is 0 Å². The van der Waals surface area contributed by atoms with Crippen LogP contribution >= 0.6 is 0 Å². The van der Waals surface area contributed by atoms with Gasteiger partial charge >= 0.3 is 0 Å². The van der Waals surface area contributed by atoms with E-state index < -0.39 is 0 Å². The van der Waals surface area contributed by atoms with Crippen LogP contribution in [0, 0.1) is 80.3 Å². The molecule has 0 saturated heterocycles. The van der Waals surface area contributed by atoms with Gasteiger partial charge in [0.1, 0.15) is 11.6 Å². The Bertz CT molecular complexity index is 1560. The molecule has 0 aromatic carbocycles. The van der Waals surface area contributed by atoms with Gasteiger partial charge in [0.25, 0.3) is 0 Å². The van der Waals surface area contributed by atoms with Crippen LogP contribution in [0.5, 0.6) is 0 Å². The zero-order valence-corrected chi connectivity index (χ0v) is 51.1. The molecular weight excluding hydrogens is 869 g/mol. The van der Waals surface area contributed by atoms with Gasteiger partial charge in [-0.25, -0.2) is 0 Å². The highest BCUT2D eigenvalue weighted by Crippen LogP contribution is 2.65. The summed E-state index contributed by atoms with van der Waals surface area (Å²) in [6.45, 7) is 47.2. The van der Waals surface area contributed by atoms with E-state index in [2.05, 4.69) is 75.5 Å². The molecule has 414 valence electrons. The van der Waals surface area contributed by atoms with E-state index in [-0.39, 0.29) is 22.5 Å². The SMILES string of the molecule is C=C(C)C(=O)CC1(C)C2CC3CC(C2)CC1C3.C=C(C)C(=O)CC1(C)CCCCC1.CC.CC.CC.CC.CCC(C)(C)C(=O)CC1(C)C2CC3CC(C2)CC1C3.CCC(C)C(=O)CC1(C)CCCCC1. The number of rotatable bonds is 14. The minimum Gasteiger partial charge on any atom is -0.299 e. The Hall–Kier alpha value is -1.84. The van der Waals surface area contributed by atoms with Gasteiger partial charge in [0, 0.05) is 37.0 Å². The summed E-state index contributed by atoms with van der Waals surface area (Å²) in [4.78, 5) is 48.1. The van der Waals surface area contributed by atoms with Gasteiger partial charge in [0.05, 0.1) is 0 Å². The van der Waals surface area contributed by atoms with Gasteiger partial charge in [0.15, 0.2) is 11.6 Å². The molecule has 0 aromatic heterocycles. The lowest BCUT2D eigenvalue weighted by molar-refractivity contribution is -0.142. The summed E-state index contributed by atoms with van der Waals surface area (Å²) < 4.78 is 0. The van der Waals surface area contributed by atoms with Crippen LogP contribution in [-0.2, 0) is 19.2 Å². The van der Waals surface area contributed by atoms with Crippen molar-refractivity contribution in [1.29, 1.82) is 0 Å². The second-order valence-electron chi connectivity index (χ2n) is 25.9. The summed E-state index contributed by atoms with van der Waals surface area (Å²) >= 11 is 0. The highest BCUT2D eigenvalue weighted by molar-refractivity contribution is 5.95. The van der Waals surface area contributed by atoms with E-state index >= 15 is 0 Å². The van der Waals surface area contributed by atoms with Crippen molar-refractivity contribution in [3.63, 3.8) is 0 Å². The number of carbonyl (C=O) groups is 4. The molecule has 1 atom stereocenters. The predicted octanol–water partition coefficient (Wildman–Crippen LogP) is 20.4. The Balaban J connectivity index is 0.000000456. The van der Waals surface area contributed by atoms with E-state index in [4.69, 9.17) is 0 Å². The Morgan fingerprint density at radius 1 is 0.479 bits per heavy atom. The Morgan fingerprint density at radius 2 is 0.775 bits per heavy atom. The third kappa shape index (κ3) is 19.0. The summed E-state index contributed by atoms with van der Waals surface area (Å²) in [5, 5.41) is 0. The normalized spacial score (nSPS) is 32.0. The van der Waals surface area contributed by atoms with E-state index in [0.29, 0.717) is 45.6 Å². The van der Waals surface area contributed by atoms with E-state index in [1.165, 1.54) is 128 Å². The fourth-order valence-corrected chi connectivity index (χ4v) is 14.9. The molecule has 1 unspecified atom stereocenters. The smallest absolute Gasteiger partial charge is 0.158 e. The molecule has 0 heterocycles. The third-order valence-electron chi connectivity index (χ3n) is 20.2. The van der Waals surface area contributed by atoms with Crippen LogP contribution in [0.15, 0.2) is 24.3 Å². The third-order valence-corrected chi connectivity index (χ3v) is 20.2. The second-order valence-corrected chi connectivity index (χ2v) is 25.9. The van der Waals surface area contributed by atoms with Crippen molar-refractivity contribution in [2.24, 2.45) is 80.3 Å². The molecule has 8 bridgehead atoms. The first-order valence-electron chi connectivity index (χ1n) is 30.9. The topological polar surface area (TPSA) is 68.3 Å². The molecule has 10 saturated carbocycles. The van der Waals surface area contributed by atoms with Crippen LogP contribution in [-0.4, -0.2) is 23.1 Å². The second kappa shape index (κ2) is 31.3. The maximum atomic E-state index is 12.7. The Kier molecular flexibility index (Phi) is 29.6. The molecule has 10 aliphatic carbocycles. The molecule has 0 N–H and O–H groups in total. The lowest BCUT2D eigenvalue weighted by Crippen LogP contribution is -2.52. The first-order valence-corrected chi connectivity index (χ1v) is 30.9. The molecular formula is C67H122O4. The molecule has 0 radical (unpaired) electrons. The monoisotopic (exact) mass is 991 g/mol. The lowest BCUT2D eigenvalue weighted by atomic mass is 9.44. The van der Waals surface area contributed by atoms with Crippen LogP contribution in [0.4, 0.5) is 0 Å². The summed E-state index contributed by atoms with van der Waals surface area (Å²) in [5.74, 6) is 9.16. The molecule has 10 aliphatic rings. The standard InChI is InChI=1S/C18H30O.C16H24O.C13H24O.C12H20O.4C2H6/c1-5-17(2,3)16(19)11-18(4)14-7-12-6-13(9-14)10-15(18)8-12;1-10(2)15(17)9-16(3)13-5-11-4-12(7-13)8-14(16)6-11;1-4-11(2)12(14)10-13(3)8-6-5-7-9-13;1-10(2)11(13)9-12(3)7-5-4-6-8-12;4*1-2/h12-15H,5-11H2,1-4H3;11-14H,1,4-9H2,2-3H3;11H,4-10H2,1-3H3;1,4-9H2,2-3H3;4*1-2H3. The fourth-order valence-electron chi connectivity index (χ4n) is 14.9. The van der Waals surface area contributed by atoms with Gasteiger partial charge in [-0.05, 0) is 197 Å². The van der Waals surface area contributed by atoms with Gasteiger partial charge in [-0.1, -0.05) is 169 Å². The highest BCUT2D eigenvalue weighted by Gasteiger charge is 2.56. The van der Waals surface area contributed by atoms with Gasteiger partial charge in [-0.3, -0.25) is 19.2 Å². The molecule has 4 heteroatoms. The van der Waals surface area contributed by atoms with Crippen molar-refractivity contribution in [1.82, 2.24) is 0 Å². The minimum absolute atomic E-state index is 0.113. The predicted molar refractivity (Wildman–Crippen MR) is 310 cm³/mol. The van der Waals surface area contributed by atoms with E-state index in [0.717, 1.165) is 85.0 Å². The zero-order valence-electron chi connectivity index (χ0n) is 51.1. The van der Waals surface area contributed by atoms with Crippen LogP contribution < -0.4 is 0 Å². The summed E-state index contributed by atoms with van der Waals surface area (Å²) in [5.41, 5.74) is 2.58. The molecule has 4 nitrogen and oxygen atoms in total. The highest BCUT2D eigenvalue weighted by atomic mass is 16.1. The summed E-state index contributed by atoms with van der Waals surface area (Å²) in [6.07, 6.45) is 32.2. The molecule has 0 aromatic rings. The minimum atomic E-state index is -0.113. The molecule has 71 heavy (non-hydrogen) atoms. The van der Waals surface area contributed by atoms with Crippen molar-refractivity contribution in [2.75, 3.05) is 0 Å². The van der Waals surface area contributed by atoms with Crippen molar-refractivity contribution < 1.29 is 19.2 Å². The van der Waals surface area contributed by atoms with Crippen LogP contribution in [0.1, 0.15) is 298 Å². The molecule has 0 aliphatic heterocycles. The van der Waals surface area contributed by atoms with E-state index in [9.17, 15) is 19.2 Å². The van der Waals surface area contributed by atoms with Crippen LogP contribution in [0.2, 0.25) is 0 Å². The van der Waals surface area contributed by atoms with Crippen molar-refractivity contribution in [2.45, 2.75) is 298 Å². The number of carbonyl (C=O) groups excluding carboxylic acids is 4. The summed E-state index contributed by atoms with van der Waals surface area (Å²) in [6, 6.07) is 0. The number of hydrogen-bond donors (Lipinski definition) is 0. The van der Waals surface area contributed by atoms with Crippen LogP contribution in [0.3, 0.4) is 0 Å². The maximum Gasteiger partial charge on any atom is 0.158 e. The summed E-state index contributed by atoms with van der Waals surface area (Å²) in [7, 11) is 0. The van der Waals surface area contributed by atoms with Gasteiger partial charge in [0.2, 0.25) is 0 Å². The van der Waals surface area contributed by atoms with Crippen molar-refractivity contribution in [3.05, 3.63) is 24.3 Å². The number of hydrogen-bond acceptors (Lipinski definition) is 4. The van der Waals surface area contributed by atoms with E-state index in [1.54, 1.807) is 0 Å². The average Bonchev–Trinajstić information content (AvgIpc) is 3.35. The number of ketones is 4. The molecule has 0 amide bonds. The molecule has 0 spiro atoms. The van der Waals surface area contributed by atoms with Crippen LogP contribution in [0.25, 0.3) is 0 Å². The Morgan fingerprint density at radius 3 is 1.07 bits per heavy atom.